The van der Waals surface area contributed by atoms with E-state index >= 15 is 0 Å². The van der Waals surface area contributed by atoms with Crippen molar-refractivity contribution in [3.05, 3.63) is 29.8 Å². The molecule has 0 radical (unpaired) electrons. The summed E-state index contributed by atoms with van der Waals surface area (Å²) in [7, 11) is 0. The van der Waals surface area contributed by atoms with Crippen LogP contribution in [0.4, 0.5) is 5.69 Å². The molecule has 2 aliphatic heterocycles. The molecule has 0 spiro atoms. The van der Waals surface area contributed by atoms with Crippen molar-refractivity contribution in [2.45, 2.75) is 45.1 Å². The van der Waals surface area contributed by atoms with Gasteiger partial charge in [-0.05, 0) is 37.8 Å². The number of aryl methyl sites for hydroxylation is 1. The molecular formula is C21H32N4O2. The molecule has 2 N–H and O–H groups in total. The smallest absolute Gasteiger partial charge is 0.222 e. The number of carbonyl (C=O) groups is 2. The van der Waals surface area contributed by atoms with E-state index in [9.17, 15) is 9.59 Å². The van der Waals surface area contributed by atoms with Gasteiger partial charge in [0.1, 0.15) is 0 Å². The van der Waals surface area contributed by atoms with E-state index in [1.807, 2.05) is 4.90 Å². The summed E-state index contributed by atoms with van der Waals surface area (Å²) in [6.45, 7) is 7.99. The monoisotopic (exact) mass is 372 g/mol. The molecule has 0 bridgehead atoms. The molecule has 2 saturated heterocycles. The second-order valence-corrected chi connectivity index (χ2v) is 7.77. The largest absolute Gasteiger partial charge is 0.370 e. The molecule has 2 amide bonds. The number of benzene rings is 1. The average molecular weight is 373 g/mol. The van der Waals surface area contributed by atoms with Gasteiger partial charge in [-0.25, -0.2) is 0 Å². The van der Waals surface area contributed by atoms with E-state index in [1.54, 1.807) is 0 Å². The van der Waals surface area contributed by atoms with Crippen LogP contribution in [0.25, 0.3) is 0 Å². The van der Waals surface area contributed by atoms with Crippen LogP contribution in [0.5, 0.6) is 0 Å². The highest BCUT2D eigenvalue weighted by molar-refractivity contribution is 5.78. The molecule has 2 fully saturated rings. The zero-order valence-electron chi connectivity index (χ0n) is 16.4. The summed E-state index contributed by atoms with van der Waals surface area (Å²) in [6, 6.07) is 9.03. The summed E-state index contributed by atoms with van der Waals surface area (Å²) >= 11 is 0. The Morgan fingerprint density at radius 3 is 2.52 bits per heavy atom. The van der Waals surface area contributed by atoms with Crippen LogP contribution >= 0.6 is 0 Å². The molecule has 1 aromatic rings. The van der Waals surface area contributed by atoms with Crippen molar-refractivity contribution in [2.24, 2.45) is 5.73 Å². The number of piperazine rings is 1. The molecule has 3 rings (SSSR count). The Morgan fingerprint density at radius 2 is 1.81 bits per heavy atom. The van der Waals surface area contributed by atoms with Crippen LogP contribution in [0, 0.1) is 6.92 Å². The van der Waals surface area contributed by atoms with E-state index in [1.165, 1.54) is 11.3 Å². The second kappa shape index (κ2) is 9.22. The van der Waals surface area contributed by atoms with Gasteiger partial charge in [-0.1, -0.05) is 18.2 Å². The first-order chi connectivity index (χ1) is 13.0. The summed E-state index contributed by atoms with van der Waals surface area (Å²) in [5, 5.41) is 0. The van der Waals surface area contributed by atoms with E-state index in [4.69, 9.17) is 5.73 Å². The number of nitrogens with zero attached hydrogens (tertiary/aromatic N) is 3. The maximum atomic E-state index is 12.4. The zero-order valence-corrected chi connectivity index (χ0v) is 16.4. The lowest BCUT2D eigenvalue weighted by Crippen LogP contribution is -2.56. The van der Waals surface area contributed by atoms with Crippen LogP contribution in [-0.2, 0) is 9.59 Å². The van der Waals surface area contributed by atoms with Crippen molar-refractivity contribution in [3.8, 4) is 0 Å². The van der Waals surface area contributed by atoms with Gasteiger partial charge >= 0.3 is 0 Å². The lowest BCUT2D eigenvalue weighted by Gasteiger charge is -2.44. The van der Waals surface area contributed by atoms with Gasteiger partial charge < -0.3 is 15.5 Å². The van der Waals surface area contributed by atoms with Gasteiger partial charge in [-0.3, -0.25) is 14.5 Å². The standard InChI is InChI=1S/C21H32N4O2/c1-17-6-2-3-8-19(17)24-14-12-23(13-15-24)18-7-5-11-25(16-18)21(27)10-4-9-20(22)26/h2-3,6,8,18H,4-5,7,9-16H2,1H3,(H2,22,26). The highest BCUT2D eigenvalue weighted by Crippen LogP contribution is 2.23. The van der Waals surface area contributed by atoms with Crippen LogP contribution in [0.3, 0.4) is 0 Å². The average Bonchev–Trinajstić information content (AvgIpc) is 2.68. The number of primary amides is 1. The van der Waals surface area contributed by atoms with Gasteiger partial charge in [0.15, 0.2) is 0 Å². The van der Waals surface area contributed by atoms with Crippen molar-refractivity contribution in [1.29, 1.82) is 0 Å². The van der Waals surface area contributed by atoms with Crippen LogP contribution < -0.4 is 10.6 Å². The Kier molecular flexibility index (Phi) is 6.72. The molecule has 1 aromatic carbocycles. The molecule has 148 valence electrons. The summed E-state index contributed by atoms with van der Waals surface area (Å²) < 4.78 is 0. The first-order valence-electron chi connectivity index (χ1n) is 10.2. The van der Waals surface area contributed by atoms with Crippen LogP contribution in [0.15, 0.2) is 24.3 Å². The molecular weight excluding hydrogens is 340 g/mol. The fraction of sp³-hybridized carbons (Fsp3) is 0.619. The highest BCUT2D eigenvalue weighted by atomic mass is 16.2. The van der Waals surface area contributed by atoms with E-state index in [2.05, 4.69) is 41.0 Å². The maximum absolute atomic E-state index is 12.4. The Labute approximate surface area is 162 Å². The second-order valence-electron chi connectivity index (χ2n) is 7.77. The molecule has 27 heavy (non-hydrogen) atoms. The Morgan fingerprint density at radius 1 is 1.07 bits per heavy atom. The summed E-state index contributed by atoms with van der Waals surface area (Å²) in [5.74, 6) is -0.162. The number of carbonyl (C=O) groups excluding carboxylic acids is 2. The molecule has 2 aliphatic rings. The number of nitrogens with two attached hydrogens (primary N) is 1. The first kappa shape index (κ1) is 19.7. The maximum Gasteiger partial charge on any atom is 0.222 e. The number of hydrogen-bond acceptors (Lipinski definition) is 4. The molecule has 1 unspecified atom stereocenters. The first-order valence-corrected chi connectivity index (χ1v) is 10.2. The third-order valence-corrected chi connectivity index (χ3v) is 5.85. The minimum Gasteiger partial charge on any atom is -0.370 e. The number of hydrogen-bond donors (Lipinski definition) is 1. The minimum atomic E-state index is -0.328. The Balaban J connectivity index is 1.48. The van der Waals surface area contributed by atoms with Gasteiger partial charge in [-0.2, -0.15) is 0 Å². The van der Waals surface area contributed by atoms with E-state index < -0.39 is 0 Å². The van der Waals surface area contributed by atoms with Gasteiger partial charge in [0, 0.05) is 63.8 Å². The lowest BCUT2D eigenvalue weighted by atomic mass is 10.0. The molecule has 0 aliphatic carbocycles. The minimum absolute atomic E-state index is 0.166. The van der Waals surface area contributed by atoms with Gasteiger partial charge in [-0.15, -0.1) is 0 Å². The molecule has 6 nitrogen and oxygen atoms in total. The number of piperidine rings is 1. The number of rotatable bonds is 6. The van der Waals surface area contributed by atoms with Crippen LogP contribution in [0.1, 0.15) is 37.7 Å². The van der Waals surface area contributed by atoms with Gasteiger partial charge in [0.2, 0.25) is 11.8 Å². The predicted molar refractivity (Wildman–Crippen MR) is 108 cm³/mol. The highest BCUT2D eigenvalue weighted by Gasteiger charge is 2.30. The Bertz CT molecular complexity index is 655. The summed E-state index contributed by atoms with van der Waals surface area (Å²) in [5.41, 5.74) is 7.83. The number of amides is 2. The third kappa shape index (κ3) is 5.22. The van der Waals surface area contributed by atoms with Crippen LogP contribution in [0.2, 0.25) is 0 Å². The Hall–Kier alpha value is -2.08. The molecule has 1 atom stereocenters. The fourth-order valence-corrected chi connectivity index (χ4v) is 4.30. The van der Waals surface area contributed by atoms with E-state index in [-0.39, 0.29) is 11.8 Å². The molecule has 2 heterocycles. The quantitative estimate of drug-likeness (QED) is 0.826. The van der Waals surface area contributed by atoms with E-state index in [0.29, 0.717) is 25.3 Å². The number of likely N-dealkylation sites (tertiary alicyclic amines) is 1. The van der Waals surface area contributed by atoms with E-state index in [0.717, 1.165) is 52.1 Å². The topological polar surface area (TPSA) is 69.9 Å². The van der Waals surface area contributed by atoms with Crippen molar-refractivity contribution < 1.29 is 9.59 Å². The third-order valence-electron chi connectivity index (χ3n) is 5.85. The number of anilines is 1. The molecule has 0 saturated carbocycles. The predicted octanol–water partition coefficient (Wildman–Crippen LogP) is 1.76. The van der Waals surface area contributed by atoms with Gasteiger partial charge in [0.05, 0.1) is 0 Å². The SMILES string of the molecule is Cc1ccccc1N1CCN(C2CCCN(C(=O)CCCC(N)=O)C2)CC1. The molecule has 0 aromatic heterocycles. The van der Waals surface area contributed by atoms with Crippen molar-refractivity contribution in [1.82, 2.24) is 9.80 Å². The molecule has 6 heteroatoms. The number of para-hydroxylation sites is 1. The summed E-state index contributed by atoms with van der Waals surface area (Å²) in [4.78, 5) is 30.3. The summed E-state index contributed by atoms with van der Waals surface area (Å²) in [6.07, 6.45) is 3.50. The normalized spacial score (nSPS) is 21.3. The fourth-order valence-electron chi connectivity index (χ4n) is 4.30. The van der Waals surface area contributed by atoms with Gasteiger partial charge in [0.25, 0.3) is 0 Å². The van der Waals surface area contributed by atoms with Crippen molar-refractivity contribution in [3.63, 3.8) is 0 Å². The van der Waals surface area contributed by atoms with Crippen molar-refractivity contribution >= 4 is 17.5 Å². The van der Waals surface area contributed by atoms with Crippen LogP contribution in [-0.4, -0.2) is 66.9 Å². The zero-order chi connectivity index (χ0) is 19.2. The van der Waals surface area contributed by atoms with Crippen molar-refractivity contribution in [2.75, 3.05) is 44.2 Å². The lowest BCUT2D eigenvalue weighted by molar-refractivity contribution is -0.133.